The molecule has 0 aliphatic heterocycles. The summed E-state index contributed by atoms with van der Waals surface area (Å²) in [7, 11) is 1.93. The quantitative estimate of drug-likeness (QED) is 0.848. The summed E-state index contributed by atoms with van der Waals surface area (Å²) >= 11 is 3.45. The van der Waals surface area contributed by atoms with E-state index in [1.807, 2.05) is 30.8 Å². The molecule has 14 heavy (non-hydrogen) atoms. The second-order valence-electron chi connectivity index (χ2n) is 3.46. The van der Waals surface area contributed by atoms with Crippen molar-refractivity contribution < 1.29 is 0 Å². The van der Waals surface area contributed by atoms with Crippen LogP contribution in [0.4, 0.5) is 0 Å². The number of rotatable bonds is 1. The number of fused-ring (bicyclic) bond motifs is 1. The van der Waals surface area contributed by atoms with E-state index < -0.39 is 0 Å². The molecule has 0 amide bonds. The van der Waals surface area contributed by atoms with E-state index in [9.17, 15) is 0 Å². The molecule has 3 nitrogen and oxygen atoms in total. The molecule has 74 valence electrons. The van der Waals surface area contributed by atoms with Crippen molar-refractivity contribution in [1.82, 2.24) is 9.78 Å². The van der Waals surface area contributed by atoms with Gasteiger partial charge in [-0.1, -0.05) is 15.9 Å². The molecule has 1 atom stereocenters. The third kappa shape index (κ3) is 1.44. The Kier molecular flexibility index (Phi) is 2.33. The smallest absolute Gasteiger partial charge is 0.0867 e. The maximum absolute atomic E-state index is 5.85. The van der Waals surface area contributed by atoms with Crippen molar-refractivity contribution in [2.75, 3.05) is 0 Å². The minimum Gasteiger partial charge on any atom is -0.323 e. The van der Waals surface area contributed by atoms with Crippen LogP contribution in [-0.2, 0) is 7.05 Å². The van der Waals surface area contributed by atoms with Crippen molar-refractivity contribution in [1.29, 1.82) is 0 Å². The number of hydrogen-bond acceptors (Lipinski definition) is 2. The predicted octanol–water partition coefficient (Wildman–Crippen LogP) is 2.36. The van der Waals surface area contributed by atoms with Gasteiger partial charge in [0.1, 0.15) is 0 Å². The summed E-state index contributed by atoms with van der Waals surface area (Å²) in [5, 5.41) is 5.52. The lowest BCUT2D eigenvalue weighted by Crippen LogP contribution is -2.06. The van der Waals surface area contributed by atoms with E-state index in [0.29, 0.717) is 0 Å². The van der Waals surface area contributed by atoms with Gasteiger partial charge in [0.15, 0.2) is 0 Å². The van der Waals surface area contributed by atoms with Gasteiger partial charge in [-0.05, 0) is 25.1 Å². The molecule has 1 aromatic carbocycles. The Bertz CT molecular complexity index is 473. The van der Waals surface area contributed by atoms with Gasteiger partial charge in [-0.25, -0.2) is 0 Å². The van der Waals surface area contributed by atoms with Gasteiger partial charge in [0.25, 0.3) is 0 Å². The van der Waals surface area contributed by atoms with Gasteiger partial charge in [-0.15, -0.1) is 0 Å². The fourth-order valence-electron chi connectivity index (χ4n) is 1.60. The first-order valence-corrected chi connectivity index (χ1v) is 5.26. The van der Waals surface area contributed by atoms with E-state index in [1.165, 1.54) is 0 Å². The summed E-state index contributed by atoms with van der Waals surface area (Å²) in [6, 6.07) is 6.07. The molecule has 0 radical (unpaired) electrons. The lowest BCUT2D eigenvalue weighted by molar-refractivity contribution is 0.712. The monoisotopic (exact) mass is 253 g/mol. The molecule has 1 unspecified atom stereocenters. The molecule has 0 fully saturated rings. The van der Waals surface area contributed by atoms with E-state index in [4.69, 9.17) is 5.73 Å². The summed E-state index contributed by atoms with van der Waals surface area (Å²) in [6.45, 7) is 1.95. The van der Waals surface area contributed by atoms with Crippen molar-refractivity contribution in [3.8, 4) is 0 Å². The first kappa shape index (κ1) is 9.68. The normalized spacial score (nSPS) is 13.4. The molecule has 0 bridgehead atoms. The molecular weight excluding hydrogens is 242 g/mol. The van der Waals surface area contributed by atoms with Gasteiger partial charge in [0.2, 0.25) is 0 Å². The second-order valence-corrected chi connectivity index (χ2v) is 4.37. The van der Waals surface area contributed by atoms with E-state index in [0.717, 1.165) is 21.1 Å². The SMILES string of the molecule is CC(N)c1nn(C)c2ccc(Br)cc12. The Balaban J connectivity index is 2.79. The number of nitrogens with zero attached hydrogens (tertiary/aromatic N) is 2. The topological polar surface area (TPSA) is 43.8 Å². The Hall–Kier alpha value is -0.870. The molecule has 0 aliphatic rings. The van der Waals surface area contributed by atoms with Crippen LogP contribution < -0.4 is 5.73 Å². The third-order valence-corrected chi connectivity index (χ3v) is 2.77. The van der Waals surface area contributed by atoms with Crippen LogP contribution in [0, 0.1) is 0 Å². The fraction of sp³-hybridized carbons (Fsp3) is 0.300. The van der Waals surface area contributed by atoms with Crippen LogP contribution in [-0.4, -0.2) is 9.78 Å². The highest BCUT2D eigenvalue weighted by atomic mass is 79.9. The summed E-state index contributed by atoms with van der Waals surface area (Å²) in [6.07, 6.45) is 0. The van der Waals surface area contributed by atoms with E-state index in [2.05, 4.69) is 27.1 Å². The molecule has 2 N–H and O–H groups in total. The zero-order chi connectivity index (χ0) is 10.3. The molecule has 1 heterocycles. The van der Waals surface area contributed by atoms with Crippen LogP contribution in [0.25, 0.3) is 10.9 Å². The minimum atomic E-state index is -0.0343. The van der Waals surface area contributed by atoms with Gasteiger partial charge >= 0.3 is 0 Å². The van der Waals surface area contributed by atoms with Crippen LogP contribution in [0.1, 0.15) is 18.7 Å². The Labute approximate surface area is 91.0 Å². The highest BCUT2D eigenvalue weighted by Crippen LogP contribution is 2.25. The van der Waals surface area contributed by atoms with Gasteiger partial charge in [-0.2, -0.15) is 5.10 Å². The summed E-state index contributed by atoms with van der Waals surface area (Å²) in [5.74, 6) is 0. The average molecular weight is 254 g/mol. The van der Waals surface area contributed by atoms with Crippen LogP contribution in [0.3, 0.4) is 0 Å². The first-order chi connectivity index (χ1) is 6.59. The van der Waals surface area contributed by atoms with Gasteiger partial charge in [0, 0.05) is 22.9 Å². The number of aromatic nitrogens is 2. The molecule has 2 aromatic rings. The first-order valence-electron chi connectivity index (χ1n) is 4.47. The number of hydrogen-bond donors (Lipinski definition) is 1. The minimum absolute atomic E-state index is 0.0343. The molecule has 2 rings (SSSR count). The largest absolute Gasteiger partial charge is 0.323 e. The van der Waals surface area contributed by atoms with Crippen molar-refractivity contribution in [3.63, 3.8) is 0 Å². The molecule has 0 aliphatic carbocycles. The van der Waals surface area contributed by atoms with E-state index >= 15 is 0 Å². The van der Waals surface area contributed by atoms with Crippen LogP contribution >= 0.6 is 15.9 Å². The van der Waals surface area contributed by atoms with Crippen LogP contribution in [0.5, 0.6) is 0 Å². The Morgan fingerprint density at radius 3 is 2.86 bits per heavy atom. The lowest BCUT2D eigenvalue weighted by Gasteiger charge is -2.00. The maximum Gasteiger partial charge on any atom is 0.0867 e. The molecule has 1 aromatic heterocycles. The standard InChI is InChI=1S/C10H12BrN3/c1-6(12)10-8-5-7(11)3-4-9(8)14(2)13-10/h3-6H,12H2,1-2H3. The molecule has 4 heteroatoms. The highest BCUT2D eigenvalue weighted by molar-refractivity contribution is 9.10. The predicted molar refractivity (Wildman–Crippen MR) is 61.0 cm³/mol. The van der Waals surface area contributed by atoms with E-state index in [-0.39, 0.29) is 6.04 Å². The van der Waals surface area contributed by atoms with E-state index in [1.54, 1.807) is 0 Å². The van der Waals surface area contributed by atoms with Crippen molar-refractivity contribution >= 4 is 26.8 Å². The fourth-order valence-corrected chi connectivity index (χ4v) is 1.96. The van der Waals surface area contributed by atoms with Crippen molar-refractivity contribution in [3.05, 3.63) is 28.4 Å². The van der Waals surface area contributed by atoms with Crippen LogP contribution in [0.15, 0.2) is 22.7 Å². The number of halogens is 1. The third-order valence-electron chi connectivity index (χ3n) is 2.27. The number of aryl methyl sites for hydroxylation is 1. The number of nitrogens with two attached hydrogens (primary N) is 1. The number of benzene rings is 1. The zero-order valence-corrected chi connectivity index (χ0v) is 9.75. The lowest BCUT2D eigenvalue weighted by atomic mass is 10.1. The Morgan fingerprint density at radius 1 is 1.50 bits per heavy atom. The summed E-state index contributed by atoms with van der Waals surface area (Å²) in [5.41, 5.74) is 7.91. The molecule has 0 saturated carbocycles. The molecule has 0 spiro atoms. The van der Waals surface area contributed by atoms with Gasteiger partial charge < -0.3 is 5.73 Å². The highest BCUT2D eigenvalue weighted by Gasteiger charge is 2.11. The summed E-state index contributed by atoms with van der Waals surface area (Å²) < 4.78 is 2.92. The zero-order valence-electron chi connectivity index (χ0n) is 8.16. The second kappa shape index (κ2) is 3.37. The van der Waals surface area contributed by atoms with Gasteiger partial charge in [-0.3, -0.25) is 4.68 Å². The van der Waals surface area contributed by atoms with Crippen molar-refractivity contribution in [2.45, 2.75) is 13.0 Å². The van der Waals surface area contributed by atoms with Crippen LogP contribution in [0.2, 0.25) is 0 Å². The Morgan fingerprint density at radius 2 is 2.21 bits per heavy atom. The molecule has 0 saturated heterocycles. The average Bonchev–Trinajstić information content (AvgIpc) is 2.43. The molecular formula is C10H12BrN3. The van der Waals surface area contributed by atoms with Gasteiger partial charge in [0.05, 0.1) is 11.2 Å². The van der Waals surface area contributed by atoms with Crippen molar-refractivity contribution in [2.24, 2.45) is 12.8 Å². The summed E-state index contributed by atoms with van der Waals surface area (Å²) in [4.78, 5) is 0. The maximum atomic E-state index is 5.85.